The summed E-state index contributed by atoms with van der Waals surface area (Å²) in [6, 6.07) is 4.91. The van der Waals surface area contributed by atoms with Gasteiger partial charge in [0.05, 0.1) is 36.5 Å². The summed E-state index contributed by atoms with van der Waals surface area (Å²) in [5.74, 6) is -0.0383. The van der Waals surface area contributed by atoms with E-state index in [4.69, 9.17) is 0 Å². The zero-order valence-corrected chi connectivity index (χ0v) is 12.9. The van der Waals surface area contributed by atoms with Gasteiger partial charge in [0.15, 0.2) is 0 Å². The number of aromatic nitrogens is 2. The Morgan fingerprint density at radius 1 is 1.26 bits per heavy atom. The van der Waals surface area contributed by atoms with Crippen LogP contribution in [0.15, 0.2) is 30.7 Å². The Morgan fingerprint density at radius 2 is 2.04 bits per heavy atom. The smallest absolute Gasteiger partial charge is 0.129 e. The summed E-state index contributed by atoms with van der Waals surface area (Å²) in [6.45, 7) is 0. The molecule has 2 aliphatic rings. The molecule has 1 aromatic carbocycles. The van der Waals surface area contributed by atoms with E-state index in [1.807, 2.05) is 10.6 Å². The van der Waals surface area contributed by atoms with Gasteiger partial charge in [-0.05, 0) is 44.1 Å². The van der Waals surface area contributed by atoms with E-state index in [-0.39, 0.29) is 23.9 Å². The summed E-state index contributed by atoms with van der Waals surface area (Å²) >= 11 is 0. The van der Waals surface area contributed by atoms with Gasteiger partial charge in [-0.1, -0.05) is 12.1 Å². The highest BCUT2D eigenvalue weighted by Gasteiger charge is 2.35. The normalized spacial score (nSPS) is 27.5. The Morgan fingerprint density at radius 3 is 2.83 bits per heavy atom. The van der Waals surface area contributed by atoms with E-state index >= 15 is 0 Å². The fourth-order valence-corrected chi connectivity index (χ4v) is 4.14. The van der Waals surface area contributed by atoms with Gasteiger partial charge in [-0.3, -0.25) is 0 Å². The van der Waals surface area contributed by atoms with Crippen molar-refractivity contribution >= 4 is 0 Å². The van der Waals surface area contributed by atoms with Gasteiger partial charge in [0.25, 0.3) is 0 Å². The van der Waals surface area contributed by atoms with Crippen molar-refractivity contribution in [3.05, 3.63) is 42.1 Å². The molecule has 0 bridgehead atoms. The second-order valence-electron chi connectivity index (χ2n) is 6.77. The molecule has 1 aromatic heterocycles. The molecule has 0 amide bonds. The standard InChI is InChI=1S/C18H21FN2O2/c19-14-3-1-2-13-16-9-20-10-21(16)15(18(13)14)8-17(23)11-4-6-12(22)7-5-11/h1-3,9-12,15,17,22-23H,4-8H2/t11?,12?,15-,17+/m0/s1. The van der Waals surface area contributed by atoms with E-state index in [0.29, 0.717) is 12.0 Å². The van der Waals surface area contributed by atoms with Crippen molar-refractivity contribution in [3.8, 4) is 11.3 Å². The number of aliphatic hydroxyl groups excluding tert-OH is 2. The maximum atomic E-state index is 14.4. The molecule has 23 heavy (non-hydrogen) atoms. The van der Waals surface area contributed by atoms with Crippen molar-refractivity contribution in [2.75, 3.05) is 0 Å². The Bertz CT molecular complexity index is 707. The third-order valence-corrected chi connectivity index (χ3v) is 5.41. The first-order valence-corrected chi connectivity index (χ1v) is 8.32. The molecule has 2 heterocycles. The Balaban J connectivity index is 1.60. The van der Waals surface area contributed by atoms with Crippen molar-refractivity contribution in [2.45, 2.75) is 50.4 Å². The van der Waals surface area contributed by atoms with Crippen LogP contribution in [-0.4, -0.2) is 32.0 Å². The molecule has 2 atom stereocenters. The molecule has 1 saturated carbocycles. The molecule has 1 fully saturated rings. The van der Waals surface area contributed by atoms with Gasteiger partial charge < -0.3 is 14.8 Å². The molecular weight excluding hydrogens is 295 g/mol. The largest absolute Gasteiger partial charge is 0.393 e. The molecule has 122 valence electrons. The van der Waals surface area contributed by atoms with Crippen molar-refractivity contribution in [3.63, 3.8) is 0 Å². The first-order valence-electron chi connectivity index (χ1n) is 8.32. The molecule has 1 aliphatic carbocycles. The minimum absolute atomic E-state index is 0.182. The second-order valence-corrected chi connectivity index (χ2v) is 6.77. The van der Waals surface area contributed by atoms with E-state index in [1.165, 1.54) is 6.07 Å². The maximum absolute atomic E-state index is 14.4. The molecule has 4 rings (SSSR count). The number of rotatable bonds is 3. The quantitative estimate of drug-likeness (QED) is 0.915. The molecule has 0 unspecified atom stereocenters. The number of halogens is 1. The molecule has 2 N–H and O–H groups in total. The van der Waals surface area contributed by atoms with Crippen LogP contribution in [0, 0.1) is 11.7 Å². The van der Waals surface area contributed by atoms with Crippen LogP contribution >= 0.6 is 0 Å². The number of hydrogen-bond donors (Lipinski definition) is 2. The average molecular weight is 316 g/mol. The molecule has 0 spiro atoms. The number of fused-ring (bicyclic) bond motifs is 3. The van der Waals surface area contributed by atoms with E-state index in [2.05, 4.69) is 4.98 Å². The van der Waals surface area contributed by atoms with Crippen LogP contribution in [0.25, 0.3) is 11.3 Å². The molecule has 2 aromatic rings. The van der Waals surface area contributed by atoms with Crippen LogP contribution in [0.2, 0.25) is 0 Å². The van der Waals surface area contributed by atoms with Gasteiger partial charge in [0.1, 0.15) is 5.82 Å². The van der Waals surface area contributed by atoms with E-state index in [9.17, 15) is 14.6 Å². The summed E-state index contributed by atoms with van der Waals surface area (Å²) in [6.07, 6.45) is 6.38. The van der Waals surface area contributed by atoms with Crippen LogP contribution in [0.3, 0.4) is 0 Å². The first kappa shape index (κ1) is 14.8. The summed E-state index contributed by atoms with van der Waals surface area (Å²) in [5.41, 5.74) is 2.45. The minimum atomic E-state index is -0.492. The molecule has 5 heteroatoms. The zero-order chi connectivity index (χ0) is 16.0. The second kappa shape index (κ2) is 5.73. The van der Waals surface area contributed by atoms with Crippen LogP contribution in [0.4, 0.5) is 4.39 Å². The minimum Gasteiger partial charge on any atom is -0.393 e. The van der Waals surface area contributed by atoms with Crippen LogP contribution < -0.4 is 0 Å². The van der Waals surface area contributed by atoms with Crippen molar-refractivity contribution in [1.82, 2.24) is 9.55 Å². The molecular formula is C18H21FN2O2. The number of aliphatic hydroxyl groups is 2. The molecule has 1 aliphatic heterocycles. The fourth-order valence-electron chi connectivity index (χ4n) is 4.14. The lowest BCUT2D eigenvalue weighted by Crippen LogP contribution is -2.29. The van der Waals surface area contributed by atoms with Crippen molar-refractivity contribution < 1.29 is 14.6 Å². The van der Waals surface area contributed by atoms with Gasteiger partial charge in [-0.25, -0.2) is 9.37 Å². The third kappa shape index (κ3) is 2.48. The number of benzene rings is 1. The Kier molecular flexibility index (Phi) is 3.70. The Labute approximate surface area is 134 Å². The van der Waals surface area contributed by atoms with Crippen molar-refractivity contribution in [2.24, 2.45) is 5.92 Å². The van der Waals surface area contributed by atoms with Gasteiger partial charge in [0, 0.05) is 11.1 Å². The van der Waals surface area contributed by atoms with E-state index in [1.54, 1.807) is 18.6 Å². The highest BCUT2D eigenvalue weighted by atomic mass is 19.1. The zero-order valence-electron chi connectivity index (χ0n) is 12.9. The van der Waals surface area contributed by atoms with E-state index < -0.39 is 6.10 Å². The summed E-state index contributed by atoms with van der Waals surface area (Å²) in [4.78, 5) is 4.18. The monoisotopic (exact) mass is 316 g/mol. The number of nitrogens with zero attached hydrogens (tertiary/aromatic N) is 2. The van der Waals surface area contributed by atoms with Gasteiger partial charge in [-0.2, -0.15) is 0 Å². The highest BCUT2D eigenvalue weighted by molar-refractivity contribution is 5.69. The highest BCUT2D eigenvalue weighted by Crippen LogP contribution is 2.43. The lowest BCUT2D eigenvalue weighted by atomic mass is 9.81. The maximum Gasteiger partial charge on any atom is 0.129 e. The van der Waals surface area contributed by atoms with Gasteiger partial charge >= 0.3 is 0 Å². The van der Waals surface area contributed by atoms with Crippen molar-refractivity contribution in [1.29, 1.82) is 0 Å². The lowest BCUT2D eigenvalue weighted by Gasteiger charge is -2.31. The molecule has 4 nitrogen and oxygen atoms in total. The SMILES string of the molecule is OC1CCC([C@H](O)C[C@H]2c3c(F)cccc3-c3cncn32)CC1. The molecule has 0 radical (unpaired) electrons. The first-order chi connectivity index (χ1) is 11.1. The molecule has 0 saturated heterocycles. The summed E-state index contributed by atoms with van der Waals surface area (Å²) in [5, 5.41) is 20.3. The summed E-state index contributed by atoms with van der Waals surface area (Å²) < 4.78 is 16.3. The Hall–Kier alpha value is -1.72. The van der Waals surface area contributed by atoms with Crippen LogP contribution in [0.5, 0.6) is 0 Å². The predicted octanol–water partition coefficient (Wildman–Crippen LogP) is 2.89. The van der Waals surface area contributed by atoms with Gasteiger partial charge in [-0.15, -0.1) is 0 Å². The van der Waals surface area contributed by atoms with Crippen LogP contribution in [0.1, 0.15) is 43.7 Å². The van der Waals surface area contributed by atoms with Gasteiger partial charge in [0.2, 0.25) is 0 Å². The number of imidazole rings is 1. The fraction of sp³-hybridized carbons (Fsp3) is 0.500. The lowest BCUT2D eigenvalue weighted by molar-refractivity contribution is 0.0328. The average Bonchev–Trinajstić information content (AvgIpc) is 3.12. The van der Waals surface area contributed by atoms with E-state index in [0.717, 1.165) is 36.9 Å². The predicted molar refractivity (Wildman–Crippen MR) is 84.3 cm³/mol. The third-order valence-electron chi connectivity index (χ3n) is 5.41. The summed E-state index contributed by atoms with van der Waals surface area (Å²) in [7, 11) is 0. The van der Waals surface area contributed by atoms with Crippen LogP contribution in [-0.2, 0) is 0 Å². The topological polar surface area (TPSA) is 58.3 Å². The number of hydrogen-bond acceptors (Lipinski definition) is 3.